The van der Waals surface area contributed by atoms with Crippen LogP contribution in [0.2, 0.25) is 0 Å². The van der Waals surface area contributed by atoms with E-state index in [1.54, 1.807) is 30.5 Å². The van der Waals surface area contributed by atoms with Gasteiger partial charge >= 0.3 is 0 Å². The molecular weight excluding hydrogens is 208 g/mol. The molecule has 16 heavy (non-hydrogen) atoms. The Bertz CT molecular complexity index is 489. The van der Waals surface area contributed by atoms with Crippen LogP contribution in [0.4, 0.5) is 5.95 Å². The Labute approximate surface area is 91.2 Å². The van der Waals surface area contributed by atoms with Gasteiger partial charge in [-0.15, -0.1) is 10.2 Å². The Morgan fingerprint density at radius 2 is 2.12 bits per heavy atom. The molecule has 0 amide bonds. The minimum absolute atomic E-state index is 0.215. The van der Waals surface area contributed by atoms with Crippen molar-refractivity contribution in [2.24, 2.45) is 5.10 Å². The topological polar surface area (TPSA) is 101 Å². The summed E-state index contributed by atoms with van der Waals surface area (Å²) in [5.74, 6) is 6.02. The molecule has 0 unspecified atom stereocenters. The number of hydrogen-bond donors (Lipinski definition) is 3. The van der Waals surface area contributed by atoms with E-state index in [-0.39, 0.29) is 5.75 Å². The van der Waals surface area contributed by atoms with Gasteiger partial charge in [0.15, 0.2) is 0 Å². The molecule has 0 fully saturated rings. The molecule has 0 spiro atoms. The van der Waals surface area contributed by atoms with E-state index in [9.17, 15) is 0 Å². The van der Waals surface area contributed by atoms with Crippen LogP contribution in [0.3, 0.4) is 0 Å². The highest BCUT2D eigenvalue weighted by molar-refractivity contribution is 5.80. The van der Waals surface area contributed by atoms with Gasteiger partial charge in [0, 0.05) is 0 Å². The maximum Gasteiger partial charge on any atom is 0.263 e. The summed E-state index contributed by atoms with van der Waals surface area (Å²) in [6.07, 6.45) is 2.94. The molecule has 0 aliphatic heterocycles. The number of hydrogen-bond acceptors (Lipinski definition) is 6. The fraction of sp³-hybridized carbons (Fsp3) is 0. The quantitative estimate of drug-likeness (QED) is 0.386. The van der Waals surface area contributed by atoms with Gasteiger partial charge in [0.1, 0.15) is 12.1 Å². The Balaban J connectivity index is 2.00. The van der Waals surface area contributed by atoms with Crippen molar-refractivity contribution in [3.63, 3.8) is 0 Å². The summed E-state index contributed by atoms with van der Waals surface area (Å²) in [6, 6.07) is 6.61. The van der Waals surface area contributed by atoms with E-state index in [4.69, 9.17) is 10.9 Å². The fourth-order valence-corrected chi connectivity index (χ4v) is 1.05. The number of nitrogen functional groups attached to an aromatic ring is 1. The Morgan fingerprint density at radius 3 is 2.75 bits per heavy atom. The molecule has 2 aromatic rings. The molecule has 0 aliphatic rings. The molecule has 0 atom stereocenters. The van der Waals surface area contributed by atoms with Crippen molar-refractivity contribution in [2.45, 2.75) is 0 Å². The molecule has 1 heterocycles. The number of rotatable bonds is 3. The van der Waals surface area contributed by atoms with E-state index >= 15 is 0 Å². The van der Waals surface area contributed by atoms with Gasteiger partial charge < -0.3 is 10.9 Å². The SMILES string of the molecule is Nn1cnnc1N/N=C/c1ccc(O)cc1. The lowest BCUT2D eigenvalue weighted by Gasteiger charge is -1.97. The number of nitrogens with zero attached hydrogens (tertiary/aromatic N) is 4. The minimum atomic E-state index is 0.215. The van der Waals surface area contributed by atoms with E-state index in [1.165, 1.54) is 11.0 Å². The third kappa shape index (κ3) is 2.27. The number of aromatic nitrogens is 3. The monoisotopic (exact) mass is 218 g/mol. The summed E-state index contributed by atoms with van der Waals surface area (Å²) in [4.78, 5) is 0. The normalized spacial score (nSPS) is 10.8. The van der Waals surface area contributed by atoms with E-state index in [0.29, 0.717) is 5.95 Å². The van der Waals surface area contributed by atoms with Gasteiger partial charge in [-0.1, -0.05) is 0 Å². The van der Waals surface area contributed by atoms with Crippen molar-refractivity contribution >= 4 is 12.2 Å². The lowest BCUT2D eigenvalue weighted by Crippen LogP contribution is -2.10. The third-order valence-corrected chi connectivity index (χ3v) is 1.84. The number of anilines is 1. The molecule has 0 aliphatic carbocycles. The third-order valence-electron chi connectivity index (χ3n) is 1.84. The molecule has 7 nitrogen and oxygen atoms in total. The first-order valence-corrected chi connectivity index (χ1v) is 4.49. The predicted molar refractivity (Wildman–Crippen MR) is 59.5 cm³/mol. The van der Waals surface area contributed by atoms with E-state index in [2.05, 4.69) is 20.7 Å². The minimum Gasteiger partial charge on any atom is -0.508 e. The van der Waals surface area contributed by atoms with Gasteiger partial charge in [-0.25, -0.2) is 10.1 Å². The molecule has 82 valence electrons. The highest BCUT2D eigenvalue weighted by Crippen LogP contribution is 2.07. The van der Waals surface area contributed by atoms with Gasteiger partial charge in [-0.05, 0) is 29.8 Å². The Morgan fingerprint density at radius 1 is 1.38 bits per heavy atom. The van der Waals surface area contributed by atoms with Crippen LogP contribution in [0, 0.1) is 0 Å². The number of phenolic OH excluding ortho intramolecular Hbond substituents is 1. The van der Waals surface area contributed by atoms with Crippen molar-refractivity contribution < 1.29 is 5.11 Å². The summed E-state index contributed by atoms with van der Waals surface area (Å²) in [5, 5.41) is 20.2. The Hall–Kier alpha value is -2.57. The summed E-state index contributed by atoms with van der Waals surface area (Å²) >= 11 is 0. The molecule has 1 aromatic carbocycles. The first-order chi connectivity index (χ1) is 7.75. The number of aromatic hydroxyl groups is 1. The van der Waals surface area contributed by atoms with Crippen molar-refractivity contribution in [3.05, 3.63) is 36.2 Å². The molecular formula is C9H10N6O. The molecule has 0 saturated carbocycles. The van der Waals surface area contributed by atoms with Crippen molar-refractivity contribution in [3.8, 4) is 5.75 Å². The van der Waals surface area contributed by atoms with Crippen molar-refractivity contribution in [2.75, 3.05) is 11.3 Å². The zero-order valence-electron chi connectivity index (χ0n) is 8.28. The number of nitrogens with two attached hydrogens (primary N) is 1. The zero-order chi connectivity index (χ0) is 11.4. The highest BCUT2D eigenvalue weighted by atomic mass is 16.3. The van der Waals surface area contributed by atoms with Crippen molar-refractivity contribution in [1.29, 1.82) is 0 Å². The second-order valence-corrected chi connectivity index (χ2v) is 3.02. The maximum absolute atomic E-state index is 9.07. The van der Waals surface area contributed by atoms with Gasteiger partial charge in [0.05, 0.1) is 6.21 Å². The largest absolute Gasteiger partial charge is 0.508 e. The Kier molecular flexibility index (Phi) is 2.68. The van der Waals surface area contributed by atoms with Crippen LogP contribution in [0.5, 0.6) is 5.75 Å². The lowest BCUT2D eigenvalue weighted by atomic mass is 10.2. The van der Waals surface area contributed by atoms with E-state index in [1.807, 2.05) is 0 Å². The number of hydrazone groups is 1. The second kappa shape index (κ2) is 4.30. The summed E-state index contributed by atoms with van der Waals surface area (Å²) in [7, 11) is 0. The lowest BCUT2D eigenvalue weighted by molar-refractivity contribution is 0.475. The van der Waals surface area contributed by atoms with Crippen LogP contribution in [0.15, 0.2) is 35.7 Å². The van der Waals surface area contributed by atoms with Crippen molar-refractivity contribution in [1.82, 2.24) is 14.9 Å². The van der Waals surface area contributed by atoms with E-state index < -0.39 is 0 Å². The smallest absolute Gasteiger partial charge is 0.263 e. The van der Waals surface area contributed by atoms with Crippen LogP contribution in [0.25, 0.3) is 0 Å². The molecule has 1 aromatic heterocycles. The maximum atomic E-state index is 9.07. The first-order valence-electron chi connectivity index (χ1n) is 4.49. The van der Waals surface area contributed by atoms with Gasteiger partial charge in [0.25, 0.3) is 5.95 Å². The highest BCUT2D eigenvalue weighted by Gasteiger charge is 1.96. The van der Waals surface area contributed by atoms with Gasteiger partial charge in [-0.2, -0.15) is 5.10 Å². The number of phenols is 1. The zero-order valence-corrected chi connectivity index (χ0v) is 8.28. The first kappa shape index (κ1) is 9.97. The number of benzene rings is 1. The predicted octanol–water partition coefficient (Wildman–Crippen LogP) is 0.143. The average Bonchev–Trinajstić information content (AvgIpc) is 2.68. The molecule has 7 heteroatoms. The molecule has 2 rings (SSSR count). The van der Waals surface area contributed by atoms with Gasteiger partial charge in [0.2, 0.25) is 0 Å². The van der Waals surface area contributed by atoms with Crippen LogP contribution >= 0.6 is 0 Å². The van der Waals surface area contributed by atoms with Crippen LogP contribution in [0.1, 0.15) is 5.56 Å². The van der Waals surface area contributed by atoms with E-state index in [0.717, 1.165) is 5.56 Å². The summed E-state index contributed by atoms with van der Waals surface area (Å²) in [5.41, 5.74) is 3.47. The fourth-order valence-electron chi connectivity index (χ4n) is 1.05. The molecule has 0 bridgehead atoms. The summed E-state index contributed by atoms with van der Waals surface area (Å²) in [6.45, 7) is 0. The summed E-state index contributed by atoms with van der Waals surface area (Å²) < 4.78 is 1.22. The molecule has 0 radical (unpaired) electrons. The number of nitrogens with one attached hydrogen (secondary N) is 1. The second-order valence-electron chi connectivity index (χ2n) is 3.02. The van der Waals surface area contributed by atoms with Gasteiger partial charge in [-0.3, -0.25) is 0 Å². The molecule has 4 N–H and O–H groups in total. The van der Waals surface area contributed by atoms with Crippen LogP contribution in [-0.2, 0) is 0 Å². The van der Waals surface area contributed by atoms with Crippen LogP contribution < -0.4 is 11.3 Å². The van der Waals surface area contributed by atoms with Crippen LogP contribution in [-0.4, -0.2) is 26.2 Å². The molecule has 0 saturated heterocycles. The standard InChI is InChI=1S/C9H10N6O/c10-15-6-12-14-9(15)13-11-5-7-1-3-8(16)4-2-7/h1-6,16H,10H2,(H,13,14)/b11-5+. The average molecular weight is 218 g/mol.